The first-order chi connectivity index (χ1) is 8.78. The molecule has 0 spiro atoms. The number of ether oxygens (including phenoxy) is 1. The number of carbonyl (C=O) groups is 1. The van der Waals surface area contributed by atoms with E-state index in [4.69, 9.17) is 4.74 Å². The van der Waals surface area contributed by atoms with E-state index in [0.717, 1.165) is 33.3 Å². The van der Waals surface area contributed by atoms with E-state index in [0.29, 0.717) is 0 Å². The maximum Gasteiger partial charge on any atom is 0.278 e. The number of hydrogen-bond donors (Lipinski definition) is 0. The van der Waals surface area contributed by atoms with Gasteiger partial charge in [-0.1, -0.05) is 6.08 Å². The zero-order chi connectivity index (χ0) is 12.5. The van der Waals surface area contributed by atoms with Gasteiger partial charge in [0.25, 0.3) is 5.91 Å². The van der Waals surface area contributed by atoms with Crippen LogP contribution in [-0.2, 0) is 4.79 Å². The minimum Gasteiger partial charge on any atom is -0.497 e. The Labute approximate surface area is 109 Å². The van der Waals surface area contributed by atoms with Crippen LogP contribution in [0.2, 0.25) is 0 Å². The van der Waals surface area contributed by atoms with Crippen LogP contribution in [0.1, 0.15) is 5.56 Å². The largest absolute Gasteiger partial charge is 0.497 e. The number of dihydropyridines is 1. The van der Waals surface area contributed by atoms with E-state index >= 15 is 0 Å². The second-order valence-corrected chi connectivity index (χ2v) is 5.03. The van der Waals surface area contributed by atoms with Gasteiger partial charge in [0.1, 0.15) is 5.75 Å². The van der Waals surface area contributed by atoms with Crippen LogP contribution in [0.5, 0.6) is 5.75 Å². The molecular weight excluding hydrogens is 246 g/mol. The Morgan fingerprint density at radius 2 is 2.06 bits per heavy atom. The highest BCUT2D eigenvalue weighted by Gasteiger charge is 2.24. The molecule has 0 radical (unpaired) electrons. The number of carbonyl (C=O) groups excluding carboxylic acids is 1. The summed E-state index contributed by atoms with van der Waals surface area (Å²) in [4.78, 5) is 17.0. The summed E-state index contributed by atoms with van der Waals surface area (Å²) in [6, 6.07) is 7.56. The third-order valence-corrected chi connectivity index (χ3v) is 3.88. The van der Waals surface area contributed by atoms with Gasteiger partial charge in [-0.3, -0.25) is 4.79 Å². The SMILES string of the molecule is COc1ccc(C2=NC(=O)C3=CCSC3=C2)cc1. The molecule has 0 bridgehead atoms. The molecule has 0 fully saturated rings. The quantitative estimate of drug-likeness (QED) is 0.817. The Kier molecular flexibility index (Phi) is 2.80. The van der Waals surface area contributed by atoms with Crippen LogP contribution in [0.4, 0.5) is 0 Å². The van der Waals surface area contributed by atoms with Crippen molar-refractivity contribution in [1.29, 1.82) is 0 Å². The van der Waals surface area contributed by atoms with E-state index in [-0.39, 0.29) is 5.91 Å². The molecular formula is C14H11NO2S. The number of allylic oxidation sites excluding steroid dienone is 1. The van der Waals surface area contributed by atoms with E-state index in [1.54, 1.807) is 18.9 Å². The first-order valence-electron chi connectivity index (χ1n) is 5.60. The highest BCUT2D eigenvalue weighted by atomic mass is 32.2. The number of nitrogens with zero attached hydrogens (tertiary/aromatic N) is 1. The Balaban J connectivity index is 1.97. The highest BCUT2D eigenvalue weighted by Crippen LogP contribution is 2.34. The number of aliphatic imine (C=N–C) groups is 1. The van der Waals surface area contributed by atoms with Gasteiger partial charge < -0.3 is 4.74 Å². The third-order valence-electron chi connectivity index (χ3n) is 2.90. The average Bonchev–Trinajstić information content (AvgIpc) is 2.88. The molecule has 0 aromatic heterocycles. The van der Waals surface area contributed by atoms with Crippen LogP contribution in [0.25, 0.3) is 0 Å². The Morgan fingerprint density at radius 3 is 2.78 bits per heavy atom. The lowest BCUT2D eigenvalue weighted by molar-refractivity contribution is -0.114. The molecule has 0 aliphatic carbocycles. The molecule has 1 amide bonds. The van der Waals surface area contributed by atoms with Gasteiger partial charge >= 0.3 is 0 Å². The van der Waals surface area contributed by atoms with Crippen LogP contribution in [0.15, 0.2) is 51.9 Å². The lowest BCUT2D eigenvalue weighted by Crippen LogP contribution is -2.11. The van der Waals surface area contributed by atoms with Crippen molar-refractivity contribution >= 4 is 23.4 Å². The molecule has 3 rings (SSSR count). The fourth-order valence-corrected chi connectivity index (χ4v) is 2.89. The fourth-order valence-electron chi connectivity index (χ4n) is 1.94. The second-order valence-electron chi connectivity index (χ2n) is 3.97. The van der Waals surface area contributed by atoms with Crippen molar-refractivity contribution in [2.24, 2.45) is 4.99 Å². The second kappa shape index (κ2) is 4.46. The molecule has 90 valence electrons. The van der Waals surface area contributed by atoms with Gasteiger partial charge in [-0.25, -0.2) is 4.99 Å². The summed E-state index contributed by atoms with van der Waals surface area (Å²) >= 11 is 1.68. The number of hydrogen-bond acceptors (Lipinski definition) is 3. The molecule has 18 heavy (non-hydrogen) atoms. The van der Waals surface area contributed by atoms with Gasteiger partial charge in [0.05, 0.1) is 18.4 Å². The highest BCUT2D eigenvalue weighted by molar-refractivity contribution is 8.03. The molecule has 0 unspecified atom stereocenters. The van der Waals surface area contributed by atoms with Crippen molar-refractivity contribution < 1.29 is 9.53 Å². The Bertz CT molecular complexity index is 597. The van der Waals surface area contributed by atoms with E-state index in [1.165, 1.54) is 0 Å². The molecule has 0 saturated carbocycles. The number of fused-ring (bicyclic) bond motifs is 1. The summed E-state index contributed by atoms with van der Waals surface area (Å²) in [5.41, 5.74) is 2.41. The smallest absolute Gasteiger partial charge is 0.278 e. The lowest BCUT2D eigenvalue weighted by Gasteiger charge is -2.11. The predicted octanol–water partition coefficient (Wildman–Crippen LogP) is 2.58. The topological polar surface area (TPSA) is 38.7 Å². The molecule has 0 N–H and O–H groups in total. The van der Waals surface area contributed by atoms with Crippen LogP contribution < -0.4 is 4.74 Å². The number of rotatable bonds is 2. The number of methoxy groups -OCH3 is 1. The molecule has 1 aromatic rings. The first kappa shape index (κ1) is 11.3. The van der Waals surface area contributed by atoms with Crippen molar-refractivity contribution in [3.8, 4) is 5.75 Å². The molecule has 0 saturated heterocycles. The Morgan fingerprint density at radius 1 is 1.28 bits per heavy atom. The van der Waals surface area contributed by atoms with Crippen LogP contribution in [0, 0.1) is 0 Å². The summed E-state index contributed by atoms with van der Waals surface area (Å²) < 4.78 is 5.11. The van der Waals surface area contributed by atoms with Crippen LogP contribution in [-0.4, -0.2) is 24.5 Å². The standard InChI is InChI=1S/C14H11NO2S/c1-17-10-4-2-9(3-5-10)12-8-13-11(6-7-18-13)14(16)15-12/h2-6,8H,7H2,1H3. The third kappa shape index (κ3) is 1.88. The van der Waals surface area contributed by atoms with Crippen LogP contribution >= 0.6 is 11.8 Å². The van der Waals surface area contributed by atoms with Crippen LogP contribution in [0.3, 0.4) is 0 Å². The monoisotopic (exact) mass is 257 g/mol. The molecule has 2 aliphatic rings. The predicted molar refractivity (Wildman–Crippen MR) is 73.2 cm³/mol. The maximum atomic E-state index is 11.8. The van der Waals surface area contributed by atoms with Crippen molar-refractivity contribution in [2.75, 3.05) is 12.9 Å². The van der Waals surface area contributed by atoms with E-state index in [9.17, 15) is 4.79 Å². The first-order valence-corrected chi connectivity index (χ1v) is 6.59. The number of benzene rings is 1. The maximum absolute atomic E-state index is 11.8. The normalized spacial score (nSPS) is 17.8. The van der Waals surface area contributed by atoms with E-state index < -0.39 is 0 Å². The van der Waals surface area contributed by atoms with Crippen molar-refractivity contribution in [2.45, 2.75) is 0 Å². The van der Waals surface area contributed by atoms with Gasteiger partial charge in [-0.15, -0.1) is 11.8 Å². The van der Waals surface area contributed by atoms with Crippen molar-refractivity contribution in [3.05, 3.63) is 52.5 Å². The summed E-state index contributed by atoms with van der Waals surface area (Å²) in [5, 5.41) is 0. The van der Waals surface area contributed by atoms with Gasteiger partial charge in [-0.2, -0.15) is 0 Å². The zero-order valence-electron chi connectivity index (χ0n) is 9.84. The van der Waals surface area contributed by atoms with Gasteiger partial charge in [0.2, 0.25) is 0 Å². The van der Waals surface area contributed by atoms with Gasteiger partial charge in [0.15, 0.2) is 0 Å². The van der Waals surface area contributed by atoms with Gasteiger partial charge in [0, 0.05) is 16.2 Å². The molecule has 1 aromatic carbocycles. The van der Waals surface area contributed by atoms with Crippen molar-refractivity contribution in [1.82, 2.24) is 0 Å². The van der Waals surface area contributed by atoms with E-state index in [1.807, 2.05) is 36.4 Å². The molecule has 2 aliphatic heterocycles. The zero-order valence-corrected chi connectivity index (χ0v) is 10.7. The number of amides is 1. The Hall–Kier alpha value is -1.81. The average molecular weight is 257 g/mol. The molecule has 0 atom stereocenters. The van der Waals surface area contributed by atoms with Crippen molar-refractivity contribution in [3.63, 3.8) is 0 Å². The molecule has 4 heteroatoms. The van der Waals surface area contributed by atoms with E-state index in [2.05, 4.69) is 4.99 Å². The summed E-state index contributed by atoms with van der Waals surface area (Å²) in [6.45, 7) is 0. The minimum absolute atomic E-state index is 0.136. The minimum atomic E-state index is -0.136. The summed E-state index contributed by atoms with van der Waals surface area (Å²) in [5.74, 6) is 1.52. The molecule has 3 nitrogen and oxygen atoms in total. The summed E-state index contributed by atoms with van der Waals surface area (Å²) in [6.07, 6.45) is 3.92. The summed E-state index contributed by atoms with van der Waals surface area (Å²) in [7, 11) is 1.63. The fraction of sp³-hybridized carbons (Fsp3) is 0.143. The number of thioether (sulfide) groups is 1. The lowest BCUT2D eigenvalue weighted by atomic mass is 10.0. The molecule has 2 heterocycles. The van der Waals surface area contributed by atoms with Gasteiger partial charge in [-0.05, 0) is 30.3 Å².